The number of benzene rings is 2. The van der Waals surface area contributed by atoms with Crippen molar-refractivity contribution in [2.45, 2.75) is 6.92 Å². The summed E-state index contributed by atoms with van der Waals surface area (Å²) in [6.45, 7) is 1.90. The Hall–Kier alpha value is -2.68. The van der Waals surface area contributed by atoms with Gasteiger partial charge in [-0.15, -0.1) is 11.3 Å². The average Bonchev–Trinajstić information content (AvgIpc) is 3.09. The molecule has 124 valence electrons. The number of hydrogen-bond acceptors (Lipinski definition) is 4. The minimum atomic E-state index is -0.294. The molecule has 6 heteroatoms. The van der Waals surface area contributed by atoms with Crippen LogP contribution in [0.25, 0.3) is 16.8 Å². The van der Waals surface area contributed by atoms with Crippen LogP contribution in [0.15, 0.2) is 54.0 Å². The Balaban J connectivity index is 1.85. The topological polar surface area (TPSA) is 48.7 Å². The second-order valence-corrected chi connectivity index (χ2v) is 6.54. The molecule has 1 heterocycles. The van der Waals surface area contributed by atoms with Gasteiger partial charge in [-0.25, -0.2) is 9.37 Å². The summed E-state index contributed by atoms with van der Waals surface area (Å²) in [4.78, 5) is 4.47. The van der Waals surface area contributed by atoms with Crippen LogP contribution in [0.2, 0.25) is 5.02 Å². The number of allylic oxidation sites excluding steroid dienone is 1. The molecule has 3 aromatic rings. The van der Waals surface area contributed by atoms with Crippen LogP contribution in [0.4, 0.5) is 10.1 Å². The number of rotatable bonds is 4. The number of aromatic nitrogens is 1. The third kappa shape index (κ3) is 3.87. The fraction of sp³-hybridized carbons (Fsp3) is 0.0526. The van der Waals surface area contributed by atoms with E-state index in [-0.39, 0.29) is 5.82 Å². The van der Waals surface area contributed by atoms with E-state index >= 15 is 0 Å². The summed E-state index contributed by atoms with van der Waals surface area (Å²) < 4.78 is 13.0. The number of thiazole rings is 1. The molecule has 0 atom stereocenters. The quantitative estimate of drug-likeness (QED) is 0.583. The van der Waals surface area contributed by atoms with E-state index in [9.17, 15) is 9.65 Å². The Kier molecular flexibility index (Phi) is 5.13. The van der Waals surface area contributed by atoms with Gasteiger partial charge >= 0.3 is 0 Å². The number of halogens is 2. The molecule has 0 amide bonds. The molecule has 0 aliphatic heterocycles. The van der Waals surface area contributed by atoms with E-state index in [0.717, 1.165) is 16.8 Å². The third-order valence-electron chi connectivity index (χ3n) is 3.63. The molecule has 25 heavy (non-hydrogen) atoms. The predicted molar refractivity (Wildman–Crippen MR) is 101 cm³/mol. The number of hydrogen-bond donors (Lipinski definition) is 1. The Morgan fingerprint density at radius 1 is 1.28 bits per heavy atom. The van der Waals surface area contributed by atoms with Crippen molar-refractivity contribution in [2.75, 3.05) is 5.32 Å². The first-order valence-corrected chi connectivity index (χ1v) is 8.68. The summed E-state index contributed by atoms with van der Waals surface area (Å²) in [6, 6.07) is 13.8. The SMILES string of the molecule is Cc1c(Cl)cccc1N/C=C(/C#N)c1nc(-c2ccc(F)cc2)cs1. The molecule has 0 spiro atoms. The maximum Gasteiger partial charge on any atom is 0.136 e. The summed E-state index contributed by atoms with van der Waals surface area (Å²) in [5, 5.41) is 15.6. The van der Waals surface area contributed by atoms with E-state index in [1.165, 1.54) is 23.5 Å². The summed E-state index contributed by atoms with van der Waals surface area (Å²) >= 11 is 7.46. The van der Waals surface area contributed by atoms with Crippen molar-refractivity contribution in [3.8, 4) is 17.3 Å². The fourth-order valence-electron chi connectivity index (χ4n) is 2.21. The molecule has 1 N–H and O–H groups in total. The number of nitrogens with zero attached hydrogens (tertiary/aromatic N) is 2. The molecule has 0 unspecified atom stereocenters. The molecule has 0 saturated heterocycles. The minimum Gasteiger partial charge on any atom is -0.360 e. The van der Waals surface area contributed by atoms with Gasteiger partial charge < -0.3 is 5.32 Å². The van der Waals surface area contributed by atoms with Crippen LogP contribution in [0, 0.1) is 24.1 Å². The molecule has 0 radical (unpaired) electrons. The lowest BCUT2D eigenvalue weighted by molar-refractivity contribution is 0.628. The van der Waals surface area contributed by atoms with E-state index < -0.39 is 0 Å². The lowest BCUT2D eigenvalue weighted by Crippen LogP contribution is -1.94. The van der Waals surface area contributed by atoms with Crippen molar-refractivity contribution >= 4 is 34.2 Å². The highest BCUT2D eigenvalue weighted by Crippen LogP contribution is 2.27. The van der Waals surface area contributed by atoms with Crippen LogP contribution >= 0.6 is 22.9 Å². The van der Waals surface area contributed by atoms with Crippen molar-refractivity contribution in [1.29, 1.82) is 5.26 Å². The molecule has 0 aliphatic carbocycles. The van der Waals surface area contributed by atoms with Gasteiger partial charge in [0.1, 0.15) is 22.5 Å². The van der Waals surface area contributed by atoms with Crippen molar-refractivity contribution in [1.82, 2.24) is 4.98 Å². The molecule has 0 bridgehead atoms. The fourth-order valence-corrected chi connectivity index (χ4v) is 3.18. The van der Waals surface area contributed by atoms with Gasteiger partial charge in [-0.3, -0.25) is 0 Å². The first kappa shape index (κ1) is 17.2. The molecule has 2 aromatic carbocycles. The van der Waals surface area contributed by atoms with Crippen LogP contribution in [-0.4, -0.2) is 4.98 Å². The molecular weight excluding hydrogens is 357 g/mol. The van der Waals surface area contributed by atoms with Gasteiger partial charge in [0.15, 0.2) is 0 Å². The van der Waals surface area contributed by atoms with E-state index in [1.54, 1.807) is 18.3 Å². The van der Waals surface area contributed by atoms with Gasteiger partial charge in [0.05, 0.1) is 5.69 Å². The van der Waals surface area contributed by atoms with E-state index in [1.807, 2.05) is 30.5 Å². The molecule has 1 aromatic heterocycles. The standard InChI is InChI=1S/C19H13ClFN3S/c1-12-16(20)3-2-4-17(12)23-10-14(9-22)19-24-18(11-25-19)13-5-7-15(21)8-6-13/h2-8,10-11,23H,1H3/b14-10-. The molecule has 0 saturated carbocycles. The smallest absolute Gasteiger partial charge is 0.136 e. The Morgan fingerprint density at radius 3 is 2.76 bits per heavy atom. The van der Waals surface area contributed by atoms with E-state index in [4.69, 9.17) is 11.6 Å². The zero-order valence-corrected chi connectivity index (χ0v) is 14.8. The maximum absolute atomic E-state index is 13.0. The zero-order valence-electron chi connectivity index (χ0n) is 13.3. The van der Waals surface area contributed by atoms with Gasteiger partial charge in [0.2, 0.25) is 0 Å². The third-order valence-corrected chi connectivity index (χ3v) is 4.92. The highest BCUT2D eigenvalue weighted by molar-refractivity contribution is 7.11. The molecule has 3 nitrogen and oxygen atoms in total. The van der Waals surface area contributed by atoms with Crippen LogP contribution in [0.1, 0.15) is 10.6 Å². The highest BCUT2D eigenvalue weighted by Gasteiger charge is 2.09. The zero-order chi connectivity index (χ0) is 17.8. The van der Waals surface area contributed by atoms with E-state index in [2.05, 4.69) is 16.4 Å². The van der Waals surface area contributed by atoms with Crippen molar-refractivity contribution in [2.24, 2.45) is 0 Å². The second kappa shape index (κ2) is 7.47. The minimum absolute atomic E-state index is 0.294. The van der Waals surface area contributed by atoms with Crippen molar-refractivity contribution in [3.05, 3.63) is 75.5 Å². The largest absolute Gasteiger partial charge is 0.360 e. The summed E-state index contributed by atoms with van der Waals surface area (Å²) in [6.07, 6.45) is 1.62. The summed E-state index contributed by atoms with van der Waals surface area (Å²) in [5.41, 5.74) is 3.66. The van der Waals surface area contributed by atoms with Gasteiger partial charge in [-0.1, -0.05) is 17.7 Å². The predicted octanol–water partition coefficient (Wildman–Crippen LogP) is 5.89. The molecule has 0 fully saturated rings. The number of nitriles is 1. The molecule has 3 rings (SSSR count). The summed E-state index contributed by atoms with van der Waals surface area (Å²) in [5.74, 6) is -0.294. The van der Waals surface area contributed by atoms with Crippen LogP contribution in [-0.2, 0) is 0 Å². The van der Waals surface area contributed by atoms with Gasteiger partial charge in [-0.2, -0.15) is 5.26 Å². The lowest BCUT2D eigenvalue weighted by atomic mass is 10.2. The highest BCUT2D eigenvalue weighted by atomic mass is 35.5. The second-order valence-electron chi connectivity index (χ2n) is 5.27. The monoisotopic (exact) mass is 369 g/mol. The van der Waals surface area contributed by atoms with E-state index in [0.29, 0.717) is 21.3 Å². The van der Waals surface area contributed by atoms with Gasteiger partial charge in [0.25, 0.3) is 0 Å². The van der Waals surface area contributed by atoms with Crippen molar-refractivity contribution in [3.63, 3.8) is 0 Å². The molecular formula is C19H13ClFN3S. The Morgan fingerprint density at radius 2 is 2.04 bits per heavy atom. The normalized spacial score (nSPS) is 11.2. The van der Waals surface area contributed by atoms with Gasteiger partial charge in [0, 0.05) is 27.9 Å². The average molecular weight is 370 g/mol. The maximum atomic E-state index is 13.0. The molecule has 0 aliphatic rings. The van der Waals surface area contributed by atoms with Crippen LogP contribution < -0.4 is 5.32 Å². The summed E-state index contributed by atoms with van der Waals surface area (Å²) in [7, 11) is 0. The van der Waals surface area contributed by atoms with Gasteiger partial charge in [-0.05, 0) is 48.9 Å². The van der Waals surface area contributed by atoms with Crippen molar-refractivity contribution < 1.29 is 4.39 Å². The number of nitrogens with one attached hydrogen (secondary N) is 1. The lowest BCUT2D eigenvalue weighted by Gasteiger charge is -2.07. The Labute approximate surface area is 154 Å². The van der Waals surface area contributed by atoms with Crippen LogP contribution in [0.5, 0.6) is 0 Å². The first-order valence-electron chi connectivity index (χ1n) is 7.42. The van der Waals surface area contributed by atoms with Crippen LogP contribution in [0.3, 0.4) is 0 Å². The Bertz CT molecular complexity index is 971. The first-order chi connectivity index (χ1) is 12.1. The number of anilines is 1.